The molecule has 8 nitrogen and oxygen atoms in total. The highest BCUT2D eigenvalue weighted by molar-refractivity contribution is 6.25. The van der Waals surface area contributed by atoms with Gasteiger partial charge in [-0.05, 0) is 73.7 Å². The second-order valence-electron chi connectivity index (χ2n) is 12.5. The van der Waals surface area contributed by atoms with Crippen molar-refractivity contribution in [2.75, 3.05) is 19.1 Å². The van der Waals surface area contributed by atoms with Crippen LogP contribution in [0.2, 0.25) is 0 Å². The van der Waals surface area contributed by atoms with Crippen LogP contribution in [-0.4, -0.2) is 42.7 Å². The Balaban J connectivity index is 1.21. The maximum Gasteiger partial charge on any atom is 0.238 e. The van der Waals surface area contributed by atoms with E-state index < -0.39 is 41.1 Å². The summed E-state index contributed by atoms with van der Waals surface area (Å²) in [4.78, 5) is 56.1. The number of allylic oxidation sites excluding steroid dienone is 6. The number of phenols is 1. The van der Waals surface area contributed by atoms with Crippen molar-refractivity contribution in [1.82, 2.24) is 0 Å². The predicted octanol–water partition coefficient (Wildman–Crippen LogP) is 6.35. The van der Waals surface area contributed by atoms with Crippen molar-refractivity contribution < 1.29 is 38.1 Å². The molecule has 2 amide bonds. The summed E-state index contributed by atoms with van der Waals surface area (Å²) in [6, 6.07) is 16.6. The lowest BCUT2D eigenvalue weighted by Crippen LogP contribution is -2.39. The van der Waals surface area contributed by atoms with E-state index in [1.165, 1.54) is 23.1 Å². The third kappa shape index (κ3) is 4.89. The molecule has 3 aromatic rings. The van der Waals surface area contributed by atoms with Gasteiger partial charge in [-0.3, -0.25) is 24.1 Å². The summed E-state index contributed by atoms with van der Waals surface area (Å²) >= 11 is 0. The Kier molecular flexibility index (Phi) is 7.70. The van der Waals surface area contributed by atoms with Crippen LogP contribution >= 0.6 is 0 Å². The lowest BCUT2D eigenvalue weighted by molar-refractivity contribution is -0.123. The zero-order valence-electron chi connectivity index (χ0n) is 26.5. The summed E-state index contributed by atoms with van der Waals surface area (Å²) in [5.74, 6) is -4.52. The number of benzene rings is 3. The number of carbonyl (C=O) groups excluding carboxylic acids is 4. The largest absolute Gasteiger partial charge is 0.505 e. The summed E-state index contributed by atoms with van der Waals surface area (Å²) in [5, 5.41) is 10.8. The van der Waals surface area contributed by atoms with E-state index in [0.29, 0.717) is 22.8 Å². The number of imide groups is 1. The number of halogens is 1. The van der Waals surface area contributed by atoms with Crippen LogP contribution in [0.25, 0.3) is 12.2 Å². The number of aromatic hydroxyl groups is 1. The monoisotopic (exact) mass is 645 g/mol. The fourth-order valence-electron chi connectivity index (χ4n) is 7.63. The van der Waals surface area contributed by atoms with Crippen LogP contribution in [0.1, 0.15) is 42.4 Å². The molecule has 3 aliphatic carbocycles. The number of phenolic OH excluding ortho intramolecular Hbond substituents is 1. The molecule has 3 aromatic carbocycles. The van der Waals surface area contributed by atoms with Gasteiger partial charge in [-0.2, -0.15) is 0 Å². The SMILES string of the molecule is COc1ccc(OC)c(C=Cc2ccc(N3C(=O)[C@H]4[C@H](CC=C5[C@H](c6cccc(F)c6O)C6=C(C[C@H]54)C(=O)C=C(C)C6=O)C3=O)cc2)c1. The van der Waals surface area contributed by atoms with E-state index in [1.54, 1.807) is 33.3 Å². The molecular weight excluding hydrogens is 613 g/mol. The van der Waals surface area contributed by atoms with Crippen LogP contribution in [0.4, 0.5) is 10.1 Å². The number of amides is 2. The first kappa shape index (κ1) is 31.1. The van der Waals surface area contributed by atoms with Gasteiger partial charge in [0.25, 0.3) is 0 Å². The highest BCUT2D eigenvalue weighted by Crippen LogP contribution is 2.56. The van der Waals surface area contributed by atoms with Crippen LogP contribution in [0.5, 0.6) is 17.2 Å². The van der Waals surface area contributed by atoms with Crippen LogP contribution in [0.3, 0.4) is 0 Å². The molecule has 0 bridgehead atoms. The van der Waals surface area contributed by atoms with Gasteiger partial charge >= 0.3 is 0 Å². The normalized spacial score (nSPS) is 23.5. The van der Waals surface area contributed by atoms with E-state index >= 15 is 0 Å². The molecule has 4 atom stereocenters. The molecule has 1 fully saturated rings. The zero-order valence-corrected chi connectivity index (χ0v) is 26.5. The second kappa shape index (κ2) is 11.9. The molecule has 4 aliphatic rings. The fraction of sp³-hybridized carbons (Fsp3) is 0.231. The van der Waals surface area contributed by atoms with E-state index in [4.69, 9.17) is 9.47 Å². The third-order valence-electron chi connectivity index (χ3n) is 9.94. The second-order valence-corrected chi connectivity index (χ2v) is 12.5. The molecule has 1 aliphatic heterocycles. The standard InChI is InChI=1S/C39H32FNO7/c1-20-17-31(42)29-19-28-25(33(35(29)36(20)43)26-5-4-6-30(40)37(26)44)14-15-27-34(28)39(46)41(38(27)45)23-11-8-21(9-12-23)7-10-22-18-24(47-2)13-16-32(22)48-3/h4-14,16-18,27-28,33-34,44H,15,19H2,1-3H3/t27-,28+,33+,34-/m0/s1. The van der Waals surface area contributed by atoms with Crippen LogP contribution in [0, 0.1) is 23.6 Å². The minimum atomic E-state index is -0.929. The van der Waals surface area contributed by atoms with Crippen molar-refractivity contribution >= 4 is 41.2 Å². The Morgan fingerprint density at radius 1 is 0.917 bits per heavy atom. The fourth-order valence-corrected chi connectivity index (χ4v) is 7.63. The Morgan fingerprint density at radius 2 is 1.69 bits per heavy atom. The quantitative estimate of drug-likeness (QED) is 0.144. The Hall–Kier alpha value is -5.57. The van der Waals surface area contributed by atoms with E-state index in [9.17, 15) is 28.7 Å². The van der Waals surface area contributed by atoms with E-state index in [2.05, 4.69) is 0 Å². The van der Waals surface area contributed by atoms with Gasteiger partial charge in [-0.25, -0.2) is 4.39 Å². The molecule has 0 saturated carbocycles. The maximum atomic E-state index is 14.7. The molecule has 9 heteroatoms. The number of rotatable bonds is 6. The maximum absolute atomic E-state index is 14.7. The van der Waals surface area contributed by atoms with Crippen molar-refractivity contribution in [2.24, 2.45) is 17.8 Å². The molecule has 242 valence electrons. The first-order chi connectivity index (χ1) is 23.1. The van der Waals surface area contributed by atoms with Gasteiger partial charge in [0, 0.05) is 33.8 Å². The zero-order chi connectivity index (χ0) is 33.9. The minimum Gasteiger partial charge on any atom is -0.505 e. The van der Waals surface area contributed by atoms with Gasteiger partial charge in [0.1, 0.15) is 11.5 Å². The average Bonchev–Trinajstić information content (AvgIpc) is 3.35. The van der Waals surface area contributed by atoms with Crippen molar-refractivity contribution in [1.29, 1.82) is 0 Å². The van der Waals surface area contributed by atoms with Crippen molar-refractivity contribution in [3.05, 3.63) is 118 Å². The third-order valence-corrected chi connectivity index (χ3v) is 9.94. The number of carbonyl (C=O) groups is 4. The number of methoxy groups -OCH3 is 2. The first-order valence-corrected chi connectivity index (χ1v) is 15.7. The van der Waals surface area contributed by atoms with E-state index in [-0.39, 0.29) is 52.6 Å². The Morgan fingerprint density at radius 3 is 2.42 bits per heavy atom. The minimum absolute atomic E-state index is 0.0909. The number of nitrogens with zero attached hydrogens (tertiary/aromatic N) is 1. The molecule has 0 aromatic heterocycles. The van der Waals surface area contributed by atoms with E-state index in [0.717, 1.165) is 17.2 Å². The lowest BCUT2D eigenvalue weighted by Gasteiger charge is -2.42. The summed E-state index contributed by atoms with van der Waals surface area (Å²) < 4.78 is 25.4. The number of hydrogen-bond acceptors (Lipinski definition) is 7. The highest BCUT2D eigenvalue weighted by atomic mass is 19.1. The Labute approximate surface area is 276 Å². The summed E-state index contributed by atoms with van der Waals surface area (Å²) in [6.07, 6.45) is 7.22. The summed E-state index contributed by atoms with van der Waals surface area (Å²) in [7, 11) is 3.18. The number of Topliss-reactive ketones (excluding diaryl/α,β-unsaturated/α-hetero) is 1. The number of hydrogen-bond donors (Lipinski definition) is 1. The molecule has 7 rings (SSSR count). The van der Waals surface area contributed by atoms with Crippen LogP contribution in [0.15, 0.2) is 95.1 Å². The van der Waals surface area contributed by atoms with Crippen molar-refractivity contribution in [2.45, 2.75) is 25.7 Å². The number of fused-ring (bicyclic) bond motifs is 3. The summed E-state index contributed by atoms with van der Waals surface area (Å²) in [5.41, 5.74) is 3.56. The average molecular weight is 646 g/mol. The van der Waals surface area contributed by atoms with Gasteiger partial charge in [0.2, 0.25) is 11.8 Å². The molecule has 1 N–H and O–H groups in total. The van der Waals surface area contributed by atoms with Gasteiger partial charge in [0.05, 0.1) is 31.7 Å². The number of anilines is 1. The number of ketones is 2. The van der Waals surface area contributed by atoms with E-state index in [1.807, 2.05) is 48.6 Å². The topological polar surface area (TPSA) is 110 Å². The van der Waals surface area contributed by atoms with Gasteiger partial charge in [-0.1, -0.05) is 48.1 Å². The van der Waals surface area contributed by atoms with Crippen molar-refractivity contribution in [3.8, 4) is 17.2 Å². The summed E-state index contributed by atoms with van der Waals surface area (Å²) in [6.45, 7) is 1.55. The molecule has 1 heterocycles. The van der Waals surface area contributed by atoms with Gasteiger partial charge < -0.3 is 14.6 Å². The predicted molar refractivity (Wildman–Crippen MR) is 177 cm³/mol. The molecule has 0 unspecified atom stereocenters. The van der Waals surface area contributed by atoms with Gasteiger partial charge in [-0.15, -0.1) is 0 Å². The molecule has 1 saturated heterocycles. The molecule has 0 spiro atoms. The lowest BCUT2D eigenvalue weighted by atomic mass is 9.59. The van der Waals surface area contributed by atoms with Crippen LogP contribution in [-0.2, 0) is 19.2 Å². The number of para-hydroxylation sites is 1. The first-order valence-electron chi connectivity index (χ1n) is 15.7. The van der Waals surface area contributed by atoms with Crippen LogP contribution < -0.4 is 14.4 Å². The van der Waals surface area contributed by atoms with Gasteiger partial charge in [0.15, 0.2) is 23.1 Å². The number of ether oxygens (including phenoxy) is 2. The van der Waals surface area contributed by atoms with Crippen molar-refractivity contribution in [3.63, 3.8) is 0 Å². The Bertz CT molecular complexity index is 2040. The molecule has 48 heavy (non-hydrogen) atoms. The smallest absolute Gasteiger partial charge is 0.238 e. The molecular formula is C39H32FNO7. The highest BCUT2D eigenvalue weighted by Gasteiger charge is 2.56. The molecule has 0 radical (unpaired) electrons.